The summed E-state index contributed by atoms with van der Waals surface area (Å²) >= 11 is 1.73. The Morgan fingerprint density at radius 2 is 2.20 bits per heavy atom. The number of carbonyl (C=O) groups excluding carboxylic acids is 1. The lowest BCUT2D eigenvalue weighted by molar-refractivity contribution is -0.130. The zero-order valence-corrected chi connectivity index (χ0v) is 13.6. The molecule has 2 unspecified atom stereocenters. The number of rotatable bonds is 7. The number of unbranched alkanes of at least 4 members (excludes halogenated alkanes) is 2. The van der Waals surface area contributed by atoms with Gasteiger partial charge < -0.3 is 4.90 Å². The highest BCUT2D eigenvalue weighted by atomic mass is 32.1. The average Bonchev–Trinajstić information content (AvgIpc) is 3.01. The van der Waals surface area contributed by atoms with E-state index in [1.807, 2.05) is 0 Å². The van der Waals surface area contributed by atoms with Gasteiger partial charge in [-0.1, -0.05) is 39.7 Å². The lowest BCUT2D eigenvalue weighted by Crippen LogP contribution is -2.32. The van der Waals surface area contributed by atoms with Crippen molar-refractivity contribution >= 4 is 17.2 Å². The zero-order valence-electron chi connectivity index (χ0n) is 12.8. The van der Waals surface area contributed by atoms with Gasteiger partial charge in [0.15, 0.2) is 0 Å². The molecule has 1 aliphatic rings. The van der Waals surface area contributed by atoms with Gasteiger partial charge in [-0.3, -0.25) is 10.1 Å². The summed E-state index contributed by atoms with van der Waals surface area (Å²) in [6.07, 6.45) is 4.48. The van der Waals surface area contributed by atoms with E-state index >= 15 is 0 Å². The minimum Gasteiger partial charge on any atom is -0.321 e. The fourth-order valence-electron chi connectivity index (χ4n) is 2.77. The Hall–Kier alpha value is -0.870. The van der Waals surface area contributed by atoms with Crippen molar-refractivity contribution in [3.8, 4) is 0 Å². The van der Waals surface area contributed by atoms with Crippen molar-refractivity contribution in [2.24, 2.45) is 5.92 Å². The second-order valence-electron chi connectivity index (χ2n) is 6.01. The van der Waals surface area contributed by atoms with Crippen molar-refractivity contribution in [2.45, 2.75) is 58.7 Å². The first-order valence-corrected chi connectivity index (χ1v) is 8.61. The maximum Gasteiger partial charge on any atom is 0.241 e. The second-order valence-corrected chi connectivity index (χ2v) is 6.98. The molecular weight excluding hydrogens is 268 g/mol. The first-order valence-electron chi connectivity index (χ1n) is 7.73. The van der Waals surface area contributed by atoms with Crippen molar-refractivity contribution in [2.75, 3.05) is 6.54 Å². The summed E-state index contributed by atoms with van der Waals surface area (Å²) < 4.78 is 0. The third kappa shape index (κ3) is 3.61. The molecule has 1 aromatic rings. The molecule has 3 nitrogen and oxygen atoms in total. The van der Waals surface area contributed by atoms with Crippen molar-refractivity contribution in [3.63, 3.8) is 0 Å². The summed E-state index contributed by atoms with van der Waals surface area (Å²) in [5.74, 6) is 0.823. The Bertz CT molecular complexity index is 416. The van der Waals surface area contributed by atoms with E-state index in [1.54, 1.807) is 11.3 Å². The van der Waals surface area contributed by atoms with Crippen LogP contribution >= 0.6 is 11.3 Å². The van der Waals surface area contributed by atoms with E-state index in [9.17, 15) is 4.79 Å². The first-order chi connectivity index (χ1) is 9.63. The van der Waals surface area contributed by atoms with Gasteiger partial charge in [0.2, 0.25) is 5.91 Å². The fraction of sp³-hybridized carbons (Fsp3) is 0.688. The summed E-state index contributed by atoms with van der Waals surface area (Å²) in [4.78, 5) is 15.9. The molecule has 20 heavy (non-hydrogen) atoms. The molecule has 1 amide bonds. The van der Waals surface area contributed by atoms with E-state index in [1.165, 1.54) is 17.7 Å². The third-order valence-corrected chi connectivity index (χ3v) is 4.70. The molecule has 2 heterocycles. The van der Waals surface area contributed by atoms with Gasteiger partial charge in [0.25, 0.3) is 0 Å². The van der Waals surface area contributed by atoms with Crippen LogP contribution in [0.1, 0.15) is 57.5 Å². The average molecular weight is 294 g/mol. The second kappa shape index (κ2) is 7.23. The smallest absolute Gasteiger partial charge is 0.241 e. The van der Waals surface area contributed by atoms with Gasteiger partial charge >= 0.3 is 0 Å². The molecule has 2 rings (SSSR count). The molecule has 1 fully saturated rings. The topological polar surface area (TPSA) is 32.3 Å². The van der Waals surface area contributed by atoms with Crippen LogP contribution in [-0.4, -0.2) is 23.4 Å². The predicted octanol–water partition coefficient (Wildman–Crippen LogP) is 3.78. The largest absolute Gasteiger partial charge is 0.321 e. The SMILES string of the molecule is CCCCCN1C(=O)C(CC(C)C)NC1c1cccs1. The normalized spacial score (nSPS) is 23.0. The van der Waals surface area contributed by atoms with Crippen LogP contribution < -0.4 is 5.32 Å². The van der Waals surface area contributed by atoms with E-state index in [2.05, 4.69) is 48.5 Å². The molecule has 1 saturated heterocycles. The molecule has 0 saturated carbocycles. The Kier molecular flexibility index (Phi) is 5.61. The summed E-state index contributed by atoms with van der Waals surface area (Å²) in [6.45, 7) is 7.42. The van der Waals surface area contributed by atoms with Crippen LogP contribution in [0.4, 0.5) is 0 Å². The molecule has 0 bridgehead atoms. The lowest BCUT2D eigenvalue weighted by Gasteiger charge is -2.23. The van der Waals surface area contributed by atoms with Gasteiger partial charge in [-0.25, -0.2) is 0 Å². The molecule has 2 atom stereocenters. The van der Waals surface area contributed by atoms with Crippen LogP contribution in [0.25, 0.3) is 0 Å². The number of nitrogens with one attached hydrogen (secondary N) is 1. The van der Waals surface area contributed by atoms with Crippen molar-refractivity contribution in [1.29, 1.82) is 0 Å². The quantitative estimate of drug-likeness (QED) is 0.776. The highest BCUT2D eigenvalue weighted by Gasteiger charge is 2.39. The van der Waals surface area contributed by atoms with Gasteiger partial charge in [-0.05, 0) is 30.2 Å². The molecule has 112 valence electrons. The van der Waals surface area contributed by atoms with Crippen molar-refractivity contribution in [3.05, 3.63) is 22.4 Å². The maximum absolute atomic E-state index is 12.6. The van der Waals surface area contributed by atoms with Gasteiger partial charge in [0.1, 0.15) is 6.17 Å². The summed E-state index contributed by atoms with van der Waals surface area (Å²) in [5.41, 5.74) is 0. The van der Waals surface area contributed by atoms with Gasteiger partial charge in [-0.15, -0.1) is 11.3 Å². The predicted molar refractivity (Wildman–Crippen MR) is 84.7 cm³/mol. The van der Waals surface area contributed by atoms with Crippen molar-refractivity contribution < 1.29 is 4.79 Å². The van der Waals surface area contributed by atoms with E-state index in [0.717, 1.165) is 19.4 Å². The number of nitrogens with zero attached hydrogens (tertiary/aromatic N) is 1. The van der Waals surface area contributed by atoms with Crippen LogP contribution in [0.5, 0.6) is 0 Å². The number of hydrogen-bond acceptors (Lipinski definition) is 3. The highest BCUT2D eigenvalue weighted by molar-refractivity contribution is 7.10. The summed E-state index contributed by atoms with van der Waals surface area (Å²) in [7, 11) is 0. The van der Waals surface area contributed by atoms with Crippen molar-refractivity contribution in [1.82, 2.24) is 10.2 Å². The zero-order chi connectivity index (χ0) is 14.5. The summed E-state index contributed by atoms with van der Waals surface area (Å²) in [6, 6.07) is 4.18. The molecular formula is C16H26N2OS. The Balaban J connectivity index is 2.08. The van der Waals surface area contributed by atoms with Gasteiger partial charge in [0, 0.05) is 11.4 Å². The minimum absolute atomic E-state index is 0.0104. The lowest BCUT2D eigenvalue weighted by atomic mass is 10.0. The summed E-state index contributed by atoms with van der Waals surface area (Å²) in [5, 5.41) is 5.62. The molecule has 0 spiro atoms. The Morgan fingerprint density at radius 1 is 1.40 bits per heavy atom. The molecule has 0 aliphatic carbocycles. The first kappa shape index (κ1) is 15.5. The van der Waals surface area contributed by atoms with Crippen LogP contribution in [0, 0.1) is 5.92 Å². The molecule has 4 heteroatoms. The van der Waals surface area contributed by atoms with E-state index in [-0.39, 0.29) is 18.1 Å². The number of amides is 1. The van der Waals surface area contributed by atoms with E-state index in [0.29, 0.717) is 5.92 Å². The van der Waals surface area contributed by atoms with Gasteiger partial charge in [-0.2, -0.15) is 0 Å². The van der Waals surface area contributed by atoms with Crippen LogP contribution in [0.15, 0.2) is 17.5 Å². The molecule has 1 aromatic heterocycles. The fourth-order valence-corrected chi connectivity index (χ4v) is 3.57. The molecule has 0 aromatic carbocycles. The third-order valence-electron chi connectivity index (χ3n) is 3.77. The molecule has 1 aliphatic heterocycles. The van der Waals surface area contributed by atoms with E-state index in [4.69, 9.17) is 0 Å². The van der Waals surface area contributed by atoms with Gasteiger partial charge in [0.05, 0.1) is 6.04 Å². The Labute approximate surface area is 126 Å². The number of carbonyl (C=O) groups is 1. The minimum atomic E-state index is -0.0104. The monoisotopic (exact) mass is 294 g/mol. The van der Waals surface area contributed by atoms with Crippen LogP contribution in [-0.2, 0) is 4.79 Å². The Morgan fingerprint density at radius 3 is 2.80 bits per heavy atom. The molecule has 1 N–H and O–H groups in total. The molecule has 0 radical (unpaired) electrons. The maximum atomic E-state index is 12.6. The number of thiophene rings is 1. The van der Waals surface area contributed by atoms with E-state index < -0.39 is 0 Å². The van der Waals surface area contributed by atoms with Crippen LogP contribution in [0.3, 0.4) is 0 Å². The highest BCUT2D eigenvalue weighted by Crippen LogP contribution is 2.30. The standard InChI is InChI=1S/C16H26N2OS/c1-4-5-6-9-18-15(14-8-7-10-20-14)17-13(16(18)19)11-12(2)3/h7-8,10,12-13,15,17H,4-6,9,11H2,1-3H3. The van der Waals surface area contributed by atoms with Crippen LogP contribution in [0.2, 0.25) is 0 Å². The number of hydrogen-bond donors (Lipinski definition) is 1.